The molecular formula is C17H13Cl2N3O. The van der Waals surface area contributed by atoms with Crippen molar-refractivity contribution in [1.82, 2.24) is 5.32 Å². The van der Waals surface area contributed by atoms with Crippen molar-refractivity contribution in [3.05, 3.63) is 70.0 Å². The molecule has 0 saturated carbocycles. The molecule has 2 rings (SSSR count). The summed E-state index contributed by atoms with van der Waals surface area (Å²) < 4.78 is 0. The van der Waals surface area contributed by atoms with Gasteiger partial charge in [-0.25, -0.2) is 0 Å². The van der Waals surface area contributed by atoms with Crippen molar-refractivity contribution in [3.8, 4) is 17.2 Å². The molecule has 0 radical (unpaired) electrons. The summed E-state index contributed by atoms with van der Waals surface area (Å²) in [6.07, 6.45) is -0.0281. The molecule has 0 bridgehead atoms. The lowest BCUT2D eigenvalue weighted by Gasteiger charge is -2.12. The van der Waals surface area contributed by atoms with Crippen molar-refractivity contribution >= 4 is 29.1 Å². The largest absolute Gasteiger partial charge is 0.386 e. The van der Waals surface area contributed by atoms with Crippen molar-refractivity contribution in [2.75, 3.05) is 0 Å². The molecule has 2 aromatic carbocycles. The molecule has 3 N–H and O–H groups in total. The second-order valence-electron chi connectivity index (χ2n) is 4.83. The number of nitrogens with zero attached hydrogens (tertiary/aromatic N) is 1. The van der Waals surface area contributed by atoms with Gasteiger partial charge in [0, 0.05) is 10.6 Å². The van der Waals surface area contributed by atoms with E-state index in [1.54, 1.807) is 30.3 Å². The standard InChI is InChI=1S/C17H13Cl2N3O/c1-10(21)22-16(23)8-14-15(18)6-5-13(17(14)19)12-4-2-3-11(7-12)9-20/h2-7H,1,8,21H2,(H,22,23). The van der Waals surface area contributed by atoms with Crippen LogP contribution in [0.2, 0.25) is 10.0 Å². The van der Waals surface area contributed by atoms with E-state index < -0.39 is 0 Å². The topological polar surface area (TPSA) is 78.9 Å². The van der Waals surface area contributed by atoms with Crippen LogP contribution in [0.1, 0.15) is 11.1 Å². The van der Waals surface area contributed by atoms with Gasteiger partial charge in [0.2, 0.25) is 5.91 Å². The summed E-state index contributed by atoms with van der Waals surface area (Å²) in [4.78, 5) is 11.9. The highest BCUT2D eigenvalue weighted by molar-refractivity contribution is 6.38. The van der Waals surface area contributed by atoms with Gasteiger partial charge in [0.1, 0.15) is 0 Å². The number of nitriles is 1. The summed E-state index contributed by atoms with van der Waals surface area (Å²) >= 11 is 12.6. The van der Waals surface area contributed by atoms with Gasteiger partial charge in [0.05, 0.1) is 28.9 Å². The molecule has 0 unspecified atom stereocenters. The monoisotopic (exact) mass is 345 g/mol. The number of halogens is 2. The van der Waals surface area contributed by atoms with E-state index in [9.17, 15) is 4.79 Å². The van der Waals surface area contributed by atoms with Crippen LogP contribution in [0.25, 0.3) is 11.1 Å². The zero-order valence-electron chi connectivity index (χ0n) is 12.1. The second-order valence-corrected chi connectivity index (χ2v) is 5.62. The Balaban J connectivity index is 2.44. The molecule has 0 aliphatic heterocycles. The highest BCUT2D eigenvalue weighted by Crippen LogP contribution is 2.35. The minimum atomic E-state index is -0.357. The molecule has 0 spiro atoms. The van der Waals surface area contributed by atoms with Gasteiger partial charge < -0.3 is 11.1 Å². The average molecular weight is 346 g/mol. The predicted octanol–water partition coefficient (Wildman–Crippen LogP) is 3.62. The Hall–Kier alpha value is -2.48. The first kappa shape index (κ1) is 16.9. The number of benzene rings is 2. The zero-order chi connectivity index (χ0) is 17.0. The number of rotatable bonds is 4. The van der Waals surface area contributed by atoms with Crippen LogP contribution in [0.3, 0.4) is 0 Å². The lowest BCUT2D eigenvalue weighted by atomic mass is 9.99. The molecule has 4 nitrogen and oxygen atoms in total. The van der Waals surface area contributed by atoms with Crippen LogP contribution in [0.4, 0.5) is 0 Å². The number of nitrogens with one attached hydrogen (secondary N) is 1. The van der Waals surface area contributed by atoms with Crippen LogP contribution in [0.15, 0.2) is 48.8 Å². The van der Waals surface area contributed by atoms with Crippen LogP contribution >= 0.6 is 23.2 Å². The van der Waals surface area contributed by atoms with Gasteiger partial charge in [0.15, 0.2) is 0 Å². The SMILES string of the molecule is C=C(N)NC(=O)Cc1c(Cl)ccc(-c2cccc(C#N)c2)c1Cl. The number of hydrogen-bond donors (Lipinski definition) is 2. The molecule has 0 heterocycles. The normalized spacial score (nSPS) is 9.96. The van der Waals surface area contributed by atoms with E-state index in [4.69, 9.17) is 34.2 Å². The van der Waals surface area contributed by atoms with Crippen molar-refractivity contribution in [2.24, 2.45) is 5.73 Å². The van der Waals surface area contributed by atoms with Crippen molar-refractivity contribution in [1.29, 1.82) is 5.26 Å². The summed E-state index contributed by atoms with van der Waals surface area (Å²) in [5.74, 6) is -0.302. The molecule has 0 aromatic heterocycles. The lowest BCUT2D eigenvalue weighted by molar-refractivity contribution is -0.119. The molecule has 6 heteroatoms. The molecule has 0 aliphatic rings. The van der Waals surface area contributed by atoms with E-state index >= 15 is 0 Å². The minimum Gasteiger partial charge on any atom is -0.386 e. The van der Waals surface area contributed by atoms with Crippen LogP contribution in [-0.2, 0) is 11.2 Å². The van der Waals surface area contributed by atoms with E-state index in [1.165, 1.54) is 0 Å². The molecule has 2 aromatic rings. The highest BCUT2D eigenvalue weighted by Gasteiger charge is 2.15. The van der Waals surface area contributed by atoms with Gasteiger partial charge in [-0.05, 0) is 29.3 Å². The Bertz CT molecular complexity index is 825. The van der Waals surface area contributed by atoms with Crippen LogP contribution < -0.4 is 11.1 Å². The molecule has 0 saturated heterocycles. The maximum absolute atomic E-state index is 11.9. The van der Waals surface area contributed by atoms with Crippen LogP contribution in [0.5, 0.6) is 0 Å². The van der Waals surface area contributed by atoms with E-state index in [1.807, 2.05) is 6.07 Å². The van der Waals surface area contributed by atoms with Crippen LogP contribution in [-0.4, -0.2) is 5.91 Å². The highest BCUT2D eigenvalue weighted by atomic mass is 35.5. The number of nitrogens with two attached hydrogens (primary N) is 1. The third-order valence-electron chi connectivity index (χ3n) is 3.13. The van der Waals surface area contributed by atoms with Gasteiger partial charge in [0.25, 0.3) is 0 Å². The van der Waals surface area contributed by atoms with Gasteiger partial charge in [-0.1, -0.05) is 48.0 Å². The Morgan fingerprint density at radius 3 is 2.70 bits per heavy atom. The summed E-state index contributed by atoms with van der Waals surface area (Å²) in [7, 11) is 0. The number of amides is 1. The van der Waals surface area contributed by atoms with Crippen LogP contribution in [0, 0.1) is 11.3 Å². The van der Waals surface area contributed by atoms with E-state index in [0.717, 1.165) is 5.56 Å². The molecule has 1 amide bonds. The molecule has 0 atom stereocenters. The lowest BCUT2D eigenvalue weighted by Crippen LogP contribution is -2.28. The molecule has 116 valence electrons. The Kier molecular flexibility index (Phi) is 5.28. The van der Waals surface area contributed by atoms with Crippen molar-refractivity contribution < 1.29 is 4.79 Å². The Labute approximate surface area is 144 Å². The van der Waals surface area contributed by atoms with E-state index in [0.29, 0.717) is 26.7 Å². The maximum Gasteiger partial charge on any atom is 0.229 e. The fourth-order valence-corrected chi connectivity index (χ4v) is 2.74. The fourth-order valence-electron chi connectivity index (χ4n) is 2.12. The number of carbonyl (C=O) groups excluding carboxylic acids is 1. The summed E-state index contributed by atoms with van der Waals surface area (Å²) in [6, 6.07) is 12.5. The molecule has 0 fully saturated rings. The number of carbonyl (C=O) groups is 1. The summed E-state index contributed by atoms with van der Waals surface area (Å²) in [6.45, 7) is 3.42. The first-order chi connectivity index (χ1) is 10.9. The van der Waals surface area contributed by atoms with Crippen molar-refractivity contribution in [3.63, 3.8) is 0 Å². The summed E-state index contributed by atoms with van der Waals surface area (Å²) in [5, 5.41) is 12.2. The smallest absolute Gasteiger partial charge is 0.229 e. The third kappa shape index (κ3) is 4.04. The minimum absolute atomic E-state index is 0.0281. The second kappa shape index (κ2) is 7.19. The fraction of sp³-hybridized carbons (Fsp3) is 0.0588. The van der Waals surface area contributed by atoms with Crippen molar-refractivity contribution in [2.45, 2.75) is 6.42 Å². The quantitative estimate of drug-likeness (QED) is 0.887. The first-order valence-corrected chi connectivity index (χ1v) is 7.39. The predicted molar refractivity (Wildman–Crippen MR) is 91.8 cm³/mol. The Morgan fingerprint density at radius 1 is 1.30 bits per heavy atom. The maximum atomic E-state index is 11.9. The third-order valence-corrected chi connectivity index (χ3v) is 3.91. The van der Waals surface area contributed by atoms with Gasteiger partial charge in [-0.15, -0.1) is 0 Å². The average Bonchev–Trinajstić information content (AvgIpc) is 2.51. The molecule has 0 aliphatic carbocycles. The van der Waals surface area contributed by atoms with E-state index in [-0.39, 0.29) is 18.1 Å². The zero-order valence-corrected chi connectivity index (χ0v) is 13.6. The van der Waals surface area contributed by atoms with Gasteiger partial charge in [-0.2, -0.15) is 5.26 Å². The Morgan fingerprint density at radius 2 is 2.04 bits per heavy atom. The first-order valence-electron chi connectivity index (χ1n) is 6.64. The molecule has 23 heavy (non-hydrogen) atoms. The number of hydrogen-bond acceptors (Lipinski definition) is 3. The summed E-state index contributed by atoms with van der Waals surface area (Å²) in [5.41, 5.74) is 7.84. The van der Waals surface area contributed by atoms with Gasteiger partial charge >= 0.3 is 0 Å². The van der Waals surface area contributed by atoms with E-state index in [2.05, 4.69) is 18.0 Å². The molecular weight excluding hydrogens is 333 g/mol. The van der Waals surface area contributed by atoms with Gasteiger partial charge in [-0.3, -0.25) is 4.79 Å².